The SMILES string of the molecule is NCC(=O)NC1CN[C@H](C(=O)Nc2ccc(Oc3ccc(Cl)cc3)cc2)C1. The number of rotatable bonds is 6. The van der Waals surface area contributed by atoms with Gasteiger partial charge in [-0.2, -0.15) is 0 Å². The first-order chi connectivity index (χ1) is 13.0. The fraction of sp³-hybridized carbons (Fsp3) is 0.263. The van der Waals surface area contributed by atoms with Crippen LogP contribution in [0.15, 0.2) is 48.5 Å². The maximum absolute atomic E-state index is 12.4. The lowest BCUT2D eigenvalue weighted by molar-refractivity contribution is -0.121. The van der Waals surface area contributed by atoms with E-state index in [0.29, 0.717) is 35.2 Å². The summed E-state index contributed by atoms with van der Waals surface area (Å²) < 4.78 is 5.72. The average molecular weight is 389 g/mol. The van der Waals surface area contributed by atoms with Gasteiger partial charge in [-0.25, -0.2) is 0 Å². The molecule has 1 heterocycles. The van der Waals surface area contributed by atoms with Crippen molar-refractivity contribution in [3.05, 3.63) is 53.6 Å². The number of carbonyl (C=O) groups excluding carboxylic acids is 2. The Kier molecular flexibility index (Phi) is 6.28. The molecule has 1 fully saturated rings. The van der Waals surface area contributed by atoms with E-state index in [1.165, 1.54) is 0 Å². The maximum Gasteiger partial charge on any atom is 0.241 e. The summed E-state index contributed by atoms with van der Waals surface area (Å²) in [5, 5.41) is 9.38. The predicted octanol–water partition coefficient (Wildman–Crippen LogP) is 1.88. The van der Waals surface area contributed by atoms with Crippen molar-refractivity contribution in [1.29, 1.82) is 0 Å². The van der Waals surface area contributed by atoms with Gasteiger partial charge in [-0.1, -0.05) is 11.6 Å². The van der Waals surface area contributed by atoms with Gasteiger partial charge in [0.2, 0.25) is 11.8 Å². The van der Waals surface area contributed by atoms with Gasteiger partial charge in [0.25, 0.3) is 0 Å². The largest absolute Gasteiger partial charge is 0.457 e. The van der Waals surface area contributed by atoms with Gasteiger partial charge >= 0.3 is 0 Å². The van der Waals surface area contributed by atoms with Crippen molar-refractivity contribution >= 4 is 29.1 Å². The Morgan fingerprint density at radius 2 is 1.74 bits per heavy atom. The highest BCUT2D eigenvalue weighted by Gasteiger charge is 2.30. The second-order valence-electron chi connectivity index (χ2n) is 6.23. The smallest absolute Gasteiger partial charge is 0.241 e. The first kappa shape index (κ1) is 19.2. The number of amides is 2. The van der Waals surface area contributed by atoms with Gasteiger partial charge in [-0.3, -0.25) is 9.59 Å². The Morgan fingerprint density at radius 3 is 2.37 bits per heavy atom. The van der Waals surface area contributed by atoms with E-state index in [-0.39, 0.29) is 30.4 Å². The van der Waals surface area contributed by atoms with Gasteiger partial charge in [0.1, 0.15) is 11.5 Å². The van der Waals surface area contributed by atoms with E-state index in [0.717, 1.165) is 0 Å². The van der Waals surface area contributed by atoms with Crippen LogP contribution in [-0.4, -0.2) is 37.0 Å². The highest BCUT2D eigenvalue weighted by Crippen LogP contribution is 2.24. The van der Waals surface area contributed by atoms with Gasteiger partial charge < -0.3 is 26.4 Å². The Hall–Kier alpha value is -2.61. The molecule has 2 aromatic carbocycles. The van der Waals surface area contributed by atoms with Crippen LogP contribution >= 0.6 is 11.6 Å². The van der Waals surface area contributed by atoms with E-state index in [9.17, 15) is 9.59 Å². The number of hydrogen-bond donors (Lipinski definition) is 4. The molecule has 0 aromatic heterocycles. The van der Waals surface area contributed by atoms with Crippen LogP contribution in [0.2, 0.25) is 5.02 Å². The number of hydrogen-bond acceptors (Lipinski definition) is 5. The van der Waals surface area contributed by atoms with Crippen LogP contribution in [0.25, 0.3) is 0 Å². The van der Waals surface area contributed by atoms with Crippen molar-refractivity contribution in [2.24, 2.45) is 5.73 Å². The van der Waals surface area contributed by atoms with E-state index in [1.807, 2.05) is 0 Å². The number of carbonyl (C=O) groups is 2. The molecule has 142 valence electrons. The summed E-state index contributed by atoms with van der Waals surface area (Å²) in [6.45, 7) is 0.482. The summed E-state index contributed by atoms with van der Waals surface area (Å²) >= 11 is 5.85. The third-order valence-electron chi connectivity index (χ3n) is 4.17. The normalized spacial score (nSPS) is 18.7. The molecule has 8 heteroatoms. The molecular formula is C19H21ClN4O3. The van der Waals surface area contributed by atoms with E-state index in [1.54, 1.807) is 48.5 Å². The van der Waals surface area contributed by atoms with Gasteiger partial charge in [0.15, 0.2) is 0 Å². The number of ether oxygens (including phenoxy) is 1. The summed E-state index contributed by atoms with van der Waals surface area (Å²) in [7, 11) is 0. The second-order valence-corrected chi connectivity index (χ2v) is 6.67. The molecule has 2 amide bonds. The number of anilines is 1. The molecule has 1 aliphatic rings. The molecule has 2 aromatic rings. The molecule has 5 N–H and O–H groups in total. The van der Waals surface area contributed by atoms with E-state index in [4.69, 9.17) is 22.1 Å². The lowest BCUT2D eigenvalue weighted by Crippen LogP contribution is -2.39. The van der Waals surface area contributed by atoms with Crippen LogP contribution in [0.3, 0.4) is 0 Å². The third-order valence-corrected chi connectivity index (χ3v) is 4.42. The van der Waals surface area contributed by atoms with Crippen molar-refractivity contribution in [1.82, 2.24) is 10.6 Å². The van der Waals surface area contributed by atoms with Crippen LogP contribution in [0, 0.1) is 0 Å². The minimum atomic E-state index is -0.363. The van der Waals surface area contributed by atoms with Crippen LogP contribution in [-0.2, 0) is 9.59 Å². The molecule has 0 bridgehead atoms. The Labute approximate surface area is 162 Å². The molecule has 0 aliphatic carbocycles. The van der Waals surface area contributed by atoms with Crippen molar-refractivity contribution in [2.45, 2.75) is 18.5 Å². The van der Waals surface area contributed by atoms with E-state index in [2.05, 4.69) is 16.0 Å². The predicted molar refractivity (Wildman–Crippen MR) is 104 cm³/mol. The molecule has 7 nitrogen and oxygen atoms in total. The summed E-state index contributed by atoms with van der Waals surface area (Å²) in [6.07, 6.45) is 0.523. The summed E-state index contributed by atoms with van der Waals surface area (Å²) in [6, 6.07) is 13.7. The lowest BCUT2D eigenvalue weighted by atomic mass is 10.1. The summed E-state index contributed by atoms with van der Waals surface area (Å²) in [4.78, 5) is 23.7. The molecule has 0 saturated carbocycles. The van der Waals surface area contributed by atoms with E-state index < -0.39 is 0 Å². The van der Waals surface area contributed by atoms with Crippen molar-refractivity contribution in [2.75, 3.05) is 18.4 Å². The Balaban J connectivity index is 1.51. The molecule has 1 unspecified atom stereocenters. The minimum Gasteiger partial charge on any atom is -0.457 e. The van der Waals surface area contributed by atoms with Crippen molar-refractivity contribution in [3.63, 3.8) is 0 Å². The Morgan fingerprint density at radius 1 is 1.11 bits per heavy atom. The van der Waals surface area contributed by atoms with Crippen LogP contribution in [0.4, 0.5) is 5.69 Å². The number of nitrogens with two attached hydrogens (primary N) is 1. The monoisotopic (exact) mass is 388 g/mol. The van der Waals surface area contributed by atoms with Gasteiger partial charge in [-0.05, 0) is 55.0 Å². The van der Waals surface area contributed by atoms with Crippen LogP contribution in [0.1, 0.15) is 6.42 Å². The zero-order valence-corrected chi connectivity index (χ0v) is 15.3. The molecular weight excluding hydrogens is 368 g/mol. The molecule has 1 saturated heterocycles. The minimum absolute atomic E-state index is 0.0577. The number of nitrogens with one attached hydrogen (secondary N) is 3. The molecule has 3 rings (SSSR count). The van der Waals surface area contributed by atoms with Gasteiger partial charge in [0, 0.05) is 23.3 Å². The maximum atomic E-state index is 12.4. The Bertz CT molecular complexity index is 796. The molecule has 0 radical (unpaired) electrons. The number of halogens is 1. The molecule has 1 aliphatic heterocycles. The highest BCUT2D eigenvalue weighted by atomic mass is 35.5. The van der Waals surface area contributed by atoms with Crippen LogP contribution in [0.5, 0.6) is 11.5 Å². The second kappa shape index (κ2) is 8.85. The molecule has 0 spiro atoms. The zero-order valence-electron chi connectivity index (χ0n) is 14.6. The fourth-order valence-electron chi connectivity index (χ4n) is 2.81. The first-order valence-electron chi connectivity index (χ1n) is 8.60. The van der Waals surface area contributed by atoms with Gasteiger partial charge in [-0.15, -0.1) is 0 Å². The summed E-state index contributed by atoms with van der Waals surface area (Å²) in [5.74, 6) is 0.959. The quantitative estimate of drug-likeness (QED) is 0.604. The fourth-order valence-corrected chi connectivity index (χ4v) is 2.93. The van der Waals surface area contributed by atoms with Crippen LogP contribution < -0.4 is 26.4 Å². The lowest BCUT2D eigenvalue weighted by Gasteiger charge is -2.13. The highest BCUT2D eigenvalue weighted by molar-refractivity contribution is 6.30. The average Bonchev–Trinajstić information content (AvgIpc) is 3.13. The zero-order chi connectivity index (χ0) is 19.2. The topological polar surface area (TPSA) is 105 Å². The third kappa shape index (κ3) is 5.43. The van der Waals surface area contributed by atoms with E-state index >= 15 is 0 Å². The number of benzene rings is 2. The summed E-state index contributed by atoms with van der Waals surface area (Å²) in [5.41, 5.74) is 5.95. The molecule has 27 heavy (non-hydrogen) atoms. The standard InChI is InChI=1S/C19H21ClN4O3/c20-12-1-5-15(6-2-12)27-16-7-3-13(4-8-16)24-19(26)17-9-14(11-22-17)23-18(25)10-21/h1-8,14,17,22H,9-11,21H2,(H,23,25)(H,24,26)/t14?,17-/m0/s1. The first-order valence-corrected chi connectivity index (χ1v) is 8.98. The molecule has 2 atom stereocenters. The van der Waals surface area contributed by atoms with Crippen molar-refractivity contribution < 1.29 is 14.3 Å². The van der Waals surface area contributed by atoms with Crippen molar-refractivity contribution in [3.8, 4) is 11.5 Å². The van der Waals surface area contributed by atoms with Gasteiger partial charge in [0.05, 0.1) is 12.6 Å².